The van der Waals surface area contributed by atoms with Gasteiger partial charge in [0.15, 0.2) is 0 Å². The first-order valence-electron chi connectivity index (χ1n) is 10.1. The maximum atomic E-state index is 13.2. The monoisotopic (exact) mass is 396 g/mol. The normalized spacial score (nSPS) is 31.2. The first-order chi connectivity index (χ1) is 13.2. The molecule has 1 aromatic carbocycles. The molecule has 0 bridgehead atoms. The molecule has 1 spiro atoms. The SMILES string of the molecule is Cc1ccc(C2CCN(C(=O)[C@H]3C[C@]4(CCC(O)N4)C3)CC2)cc1C(F)(F)F. The molecule has 154 valence electrons. The Balaban J connectivity index is 1.33. The number of carbonyl (C=O) groups excluding carboxylic acids is 1. The lowest BCUT2D eigenvalue weighted by Gasteiger charge is -2.47. The smallest absolute Gasteiger partial charge is 0.379 e. The fraction of sp³-hybridized carbons (Fsp3) is 0.667. The van der Waals surface area contributed by atoms with Gasteiger partial charge in [0, 0.05) is 24.5 Å². The lowest BCUT2D eigenvalue weighted by Crippen LogP contribution is -2.57. The van der Waals surface area contributed by atoms with E-state index in [1.807, 2.05) is 4.90 Å². The van der Waals surface area contributed by atoms with E-state index in [-0.39, 0.29) is 28.8 Å². The lowest BCUT2D eigenvalue weighted by atomic mass is 9.67. The lowest BCUT2D eigenvalue weighted by molar-refractivity contribution is -0.142. The third kappa shape index (κ3) is 3.66. The van der Waals surface area contributed by atoms with Gasteiger partial charge < -0.3 is 10.0 Å². The van der Waals surface area contributed by atoms with Crippen LogP contribution in [-0.4, -0.2) is 40.8 Å². The summed E-state index contributed by atoms with van der Waals surface area (Å²) in [5, 5.41) is 12.8. The number of nitrogens with one attached hydrogen (secondary N) is 1. The quantitative estimate of drug-likeness (QED) is 0.804. The zero-order valence-electron chi connectivity index (χ0n) is 16.1. The number of carbonyl (C=O) groups is 1. The van der Waals surface area contributed by atoms with Crippen molar-refractivity contribution in [3.05, 3.63) is 34.9 Å². The molecule has 3 fully saturated rings. The molecule has 0 radical (unpaired) electrons. The van der Waals surface area contributed by atoms with Crippen LogP contribution in [0.3, 0.4) is 0 Å². The molecule has 1 amide bonds. The van der Waals surface area contributed by atoms with Crippen LogP contribution in [0.5, 0.6) is 0 Å². The summed E-state index contributed by atoms with van der Waals surface area (Å²) >= 11 is 0. The van der Waals surface area contributed by atoms with Crippen LogP contribution in [-0.2, 0) is 11.0 Å². The van der Waals surface area contributed by atoms with E-state index in [4.69, 9.17) is 0 Å². The molecule has 3 aliphatic rings. The zero-order valence-corrected chi connectivity index (χ0v) is 16.1. The number of nitrogens with zero attached hydrogens (tertiary/aromatic N) is 1. The second-order valence-corrected chi connectivity index (χ2v) is 8.76. The molecule has 2 saturated heterocycles. The molecular formula is C21H27F3N2O2. The summed E-state index contributed by atoms with van der Waals surface area (Å²) in [7, 11) is 0. The molecule has 4 rings (SSSR count). The molecule has 28 heavy (non-hydrogen) atoms. The molecule has 7 heteroatoms. The molecule has 4 nitrogen and oxygen atoms in total. The van der Waals surface area contributed by atoms with Crippen molar-refractivity contribution in [1.82, 2.24) is 10.2 Å². The summed E-state index contributed by atoms with van der Waals surface area (Å²) in [6.07, 6.45) is -0.202. The van der Waals surface area contributed by atoms with Crippen molar-refractivity contribution in [2.75, 3.05) is 13.1 Å². The second-order valence-electron chi connectivity index (χ2n) is 8.76. The highest BCUT2D eigenvalue weighted by atomic mass is 19.4. The molecule has 2 heterocycles. The standard InChI is InChI=1S/C21H27F3N2O2/c1-13-2-3-15(10-17(13)21(22,23)24)14-5-8-26(9-6-14)19(28)16-11-20(12-16)7-4-18(27)25-20/h2-3,10,14,16,18,25,27H,4-9,11-12H2,1H3/t16-,18?,20+. The molecule has 1 atom stereocenters. The number of aryl methyl sites for hydroxylation is 1. The average molecular weight is 396 g/mol. The highest BCUT2D eigenvalue weighted by molar-refractivity contribution is 5.80. The molecule has 1 saturated carbocycles. The van der Waals surface area contributed by atoms with Crippen LogP contribution in [0.1, 0.15) is 61.1 Å². The Morgan fingerprint density at radius 3 is 2.46 bits per heavy atom. The topological polar surface area (TPSA) is 52.6 Å². The van der Waals surface area contributed by atoms with Crippen molar-refractivity contribution in [3.8, 4) is 0 Å². The van der Waals surface area contributed by atoms with Gasteiger partial charge in [0.05, 0.1) is 5.56 Å². The fourth-order valence-electron chi connectivity index (χ4n) is 5.18. The number of benzene rings is 1. The summed E-state index contributed by atoms with van der Waals surface area (Å²) in [5.41, 5.74) is 0.341. The number of aliphatic hydroxyl groups excluding tert-OH is 1. The van der Waals surface area contributed by atoms with Gasteiger partial charge in [-0.25, -0.2) is 0 Å². The van der Waals surface area contributed by atoms with E-state index in [9.17, 15) is 23.1 Å². The van der Waals surface area contributed by atoms with Gasteiger partial charge in [0.2, 0.25) is 5.91 Å². The van der Waals surface area contributed by atoms with Crippen molar-refractivity contribution in [1.29, 1.82) is 0 Å². The van der Waals surface area contributed by atoms with Gasteiger partial charge >= 0.3 is 6.18 Å². The van der Waals surface area contributed by atoms with E-state index < -0.39 is 18.0 Å². The zero-order chi connectivity index (χ0) is 20.1. The predicted octanol–water partition coefficient (Wildman–Crippen LogP) is 3.57. The maximum absolute atomic E-state index is 13.2. The van der Waals surface area contributed by atoms with Crippen LogP contribution >= 0.6 is 0 Å². The van der Waals surface area contributed by atoms with Crippen LogP contribution in [0, 0.1) is 12.8 Å². The van der Waals surface area contributed by atoms with Crippen LogP contribution < -0.4 is 5.32 Å². The third-order valence-electron chi connectivity index (χ3n) is 6.84. The number of likely N-dealkylation sites (tertiary alicyclic amines) is 1. The molecule has 2 aliphatic heterocycles. The van der Waals surface area contributed by atoms with Crippen LogP contribution in [0.15, 0.2) is 18.2 Å². The van der Waals surface area contributed by atoms with Gasteiger partial charge in [0.1, 0.15) is 6.23 Å². The first kappa shape index (κ1) is 19.7. The Kier molecular flexibility index (Phi) is 4.94. The van der Waals surface area contributed by atoms with E-state index in [0.29, 0.717) is 25.9 Å². The number of alkyl halides is 3. The molecule has 2 N–H and O–H groups in total. The summed E-state index contributed by atoms with van der Waals surface area (Å²) in [6, 6.07) is 4.62. The Bertz CT molecular complexity index is 751. The van der Waals surface area contributed by atoms with Crippen molar-refractivity contribution < 1.29 is 23.1 Å². The van der Waals surface area contributed by atoms with E-state index in [1.54, 1.807) is 12.1 Å². The Labute approximate surface area is 163 Å². The van der Waals surface area contributed by atoms with E-state index in [0.717, 1.165) is 31.2 Å². The number of halogens is 3. The number of rotatable bonds is 2. The predicted molar refractivity (Wildman–Crippen MR) is 98.6 cm³/mol. The molecule has 1 aliphatic carbocycles. The van der Waals surface area contributed by atoms with Crippen molar-refractivity contribution in [3.63, 3.8) is 0 Å². The molecule has 0 aromatic heterocycles. The van der Waals surface area contributed by atoms with Crippen LogP contribution in [0.2, 0.25) is 0 Å². The molecular weight excluding hydrogens is 369 g/mol. The highest BCUT2D eigenvalue weighted by Crippen LogP contribution is 2.46. The van der Waals surface area contributed by atoms with Gasteiger partial charge in [-0.05, 0) is 68.6 Å². The summed E-state index contributed by atoms with van der Waals surface area (Å²) in [5.74, 6) is 0.225. The number of hydrogen-bond acceptors (Lipinski definition) is 3. The Morgan fingerprint density at radius 2 is 1.89 bits per heavy atom. The summed E-state index contributed by atoms with van der Waals surface area (Å²) < 4.78 is 39.5. The number of aliphatic hydroxyl groups is 1. The number of hydrogen-bond donors (Lipinski definition) is 2. The first-order valence-corrected chi connectivity index (χ1v) is 10.1. The minimum absolute atomic E-state index is 0.00515. The average Bonchev–Trinajstić information content (AvgIpc) is 3.02. The third-order valence-corrected chi connectivity index (χ3v) is 6.84. The van der Waals surface area contributed by atoms with Gasteiger partial charge in [0.25, 0.3) is 0 Å². The van der Waals surface area contributed by atoms with Gasteiger partial charge in [-0.2, -0.15) is 13.2 Å². The molecule has 1 aromatic rings. The van der Waals surface area contributed by atoms with Crippen LogP contribution in [0.25, 0.3) is 0 Å². The van der Waals surface area contributed by atoms with E-state index >= 15 is 0 Å². The maximum Gasteiger partial charge on any atom is 0.416 e. The number of piperidine rings is 1. The van der Waals surface area contributed by atoms with Gasteiger partial charge in [-0.15, -0.1) is 0 Å². The summed E-state index contributed by atoms with van der Waals surface area (Å²) in [4.78, 5) is 14.6. The number of amides is 1. The fourth-order valence-corrected chi connectivity index (χ4v) is 5.18. The van der Waals surface area contributed by atoms with Gasteiger partial charge in [-0.3, -0.25) is 10.1 Å². The van der Waals surface area contributed by atoms with Crippen LogP contribution in [0.4, 0.5) is 13.2 Å². The van der Waals surface area contributed by atoms with Gasteiger partial charge in [-0.1, -0.05) is 12.1 Å². The Morgan fingerprint density at radius 1 is 1.21 bits per heavy atom. The molecule has 1 unspecified atom stereocenters. The van der Waals surface area contributed by atoms with Crippen molar-refractivity contribution in [2.24, 2.45) is 5.92 Å². The van der Waals surface area contributed by atoms with E-state index in [2.05, 4.69) is 5.32 Å². The minimum Gasteiger partial charge on any atom is -0.379 e. The largest absolute Gasteiger partial charge is 0.416 e. The summed E-state index contributed by atoms with van der Waals surface area (Å²) in [6.45, 7) is 2.67. The highest BCUT2D eigenvalue weighted by Gasteiger charge is 2.51. The second kappa shape index (κ2) is 7.02. The minimum atomic E-state index is -4.33. The van der Waals surface area contributed by atoms with E-state index in [1.165, 1.54) is 13.0 Å². The Hall–Kier alpha value is -1.60. The van der Waals surface area contributed by atoms with Crippen molar-refractivity contribution >= 4 is 5.91 Å². The van der Waals surface area contributed by atoms with Crippen molar-refractivity contribution in [2.45, 2.75) is 69.3 Å².